The smallest absolute Gasteiger partial charge is 0.265 e. The van der Waals surface area contributed by atoms with Crippen molar-refractivity contribution in [3.8, 4) is 11.4 Å². The third-order valence-electron chi connectivity index (χ3n) is 3.48. The predicted molar refractivity (Wildman–Crippen MR) is 96.6 cm³/mol. The normalized spacial score (nSPS) is 10.9. The molecule has 4 rings (SSSR count). The lowest BCUT2D eigenvalue weighted by molar-refractivity contribution is 0.103. The summed E-state index contributed by atoms with van der Waals surface area (Å²) in [6.45, 7) is 0. The van der Waals surface area contributed by atoms with Gasteiger partial charge in [-0.2, -0.15) is 0 Å². The van der Waals surface area contributed by atoms with Crippen LogP contribution in [0.5, 0.6) is 0 Å². The lowest BCUT2D eigenvalue weighted by atomic mass is 10.2. The first-order chi connectivity index (χ1) is 11.7. The van der Waals surface area contributed by atoms with Crippen LogP contribution >= 0.6 is 22.9 Å². The highest BCUT2D eigenvalue weighted by Crippen LogP contribution is 2.24. The quantitative estimate of drug-likeness (QED) is 0.565. The zero-order chi connectivity index (χ0) is 16.5. The van der Waals surface area contributed by atoms with Crippen LogP contribution < -0.4 is 5.32 Å². The van der Waals surface area contributed by atoms with Crippen molar-refractivity contribution in [2.45, 2.75) is 0 Å². The highest BCUT2D eigenvalue weighted by atomic mass is 35.5. The second-order valence-corrected chi connectivity index (χ2v) is 6.48. The first kappa shape index (κ1) is 14.9. The first-order valence-corrected chi connectivity index (χ1v) is 8.40. The minimum Gasteiger partial charge on any atom is -0.338 e. The number of fused-ring (bicyclic) bond motifs is 1. The molecule has 0 unspecified atom stereocenters. The van der Waals surface area contributed by atoms with Crippen molar-refractivity contribution in [1.82, 2.24) is 15.0 Å². The summed E-state index contributed by atoms with van der Waals surface area (Å²) in [7, 11) is 0. The van der Waals surface area contributed by atoms with Gasteiger partial charge in [0.1, 0.15) is 5.82 Å². The summed E-state index contributed by atoms with van der Waals surface area (Å²) >= 11 is 7.17. The summed E-state index contributed by atoms with van der Waals surface area (Å²) in [4.78, 5) is 24.6. The van der Waals surface area contributed by atoms with E-state index in [-0.39, 0.29) is 5.91 Å². The van der Waals surface area contributed by atoms with Gasteiger partial charge >= 0.3 is 0 Å². The molecule has 24 heavy (non-hydrogen) atoms. The molecule has 0 aliphatic rings. The second kappa shape index (κ2) is 6.07. The average molecular weight is 355 g/mol. The number of imidazole rings is 1. The Balaban J connectivity index is 1.62. The summed E-state index contributed by atoms with van der Waals surface area (Å²) in [5, 5.41) is 5.17. The van der Waals surface area contributed by atoms with Crippen LogP contribution in [0.1, 0.15) is 9.67 Å². The number of benzene rings is 1. The maximum Gasteiger partial charge on any atom is 0.265 e. The summed E-state index contributed by atoms with van der Waals surface area (Å²) in [5.41, 5.74) is 3.34. The van der Waals surface area contributed by atoms with Crippen LogP contribution in [0.4, 0.5) is 5.69 Å². The molecule has 0 spiro atoms. The number of pyridine rings is 1. The van der Waals surface area contributed by atoms with Gasteiger partial charge in [0.25, 0.3) is 5.91 Å². The molecule has 3 aromatic heterocycles. The second-order valence-electron chi connectivity index (χ2n) is 5.14. The molecule has 3 heterocycles. The minimum atomic E-state index is -0.180. The highest BCUT2D eigenvalue weighted by Gasteiger charge is 2.10. The fourth-order valence-electron chi connectivity index (χ4n) is 2.36. The molecule has 0 aliphatic carbocycles. The van der Waals surface area contributed by atoms with Crippen LogP contribution in [0, 0.1) is 0 Å². The van der Waals surface area contributed by atoms with Gasteiger partial charge in [-0.15, -0.1) is 11.3 Å². The Labute approximate surface area is 146 Å². The number of nitrogens with zero attached hydrogens (tertiary/aromatic N) is 2. The van der Waals surface area contributed by atoms with Gasteiger partial charge in [0.05, 0.1) is 20.9 Å². The van der Waals surface area contributed by atoms with Crippen molar-refractivity contribution < 1.29 is 4.79 Å². The van der Waals surface area contributed by atoms with E-state index < -0.39 is 0 Å². The molecular formula is C17H11ClN4OS. The third kappa shape index (κ3) is 2.89. The summed E-state index contributed by atoms with van der Waals surface area (Å²) < 4.78 is 0. The Bertz CT molecular complexity index is 1030. The van der Waals surface area contributed by atoms with Crippen LogP contribution in [-0.4, -0.2) is 20.9 Å². The number of hydrogen-bond acceptors (Lipinski definition) is 4. The number of aromatic amines is 1. The molecule has 0 radical (unpaired) electrons. The molecule has 4 aromatic rings. The van der Waals surface area contributed by atoms with Gasteiger partial charge in [-0.05, 0) is 36.4 Å². The van der Waals surface area contributed by atoms with Crippen LogP contribution in [-0.2, 0) is 0 Å². The van der Waals surface area contributed by atoms with Gasteiger partial charge in [-0.3, -0.25) is 9.78 Å². The van der Waals surface area contributed by atoms with E-state index in [1.54, 1.807) is 23.8 Å². The Hall–Kier alpha value is -2.70. The fourth-order valence-corrected chi connectivity index (χ4v) is 3.33. The third-order valence-corrected chi connectivity index (χ3v) is 4.76. The standard InChI is InChI=1S/C17H11ClN4OS/c18-11-7-15(24-9-11)17(23)20-12-1-2-13-14(8-12)22-16(21-13)10-3-5-19-6-4-10/h1-9H,(H,20,23)(H,21,22). The number of anilines is 1. The monoisotopic (exact) mass is 354 g/mol. The molecule has 118 valence electrons. The molecule has 2 N–H and O–H groups in total. The molecule has 5 nitrogen and oxygen atoms in total. The van der Waals surface area contributed by atoms with Gasteiger partial charge < -0.3 is 10.3 Å². The number of thiophene rings is 1. The number of H-pyrrole nitrogens is 1. The predicted octanol–water partition coefficient (Wildman–Crippen LogP) is 4.59. The average Bonchev–Trinajstić information content (AvgIpc) is 3.21. The van der Waals surface area contributed by atoms with E-state index in [4.69, 9.17) is 11.6 Å². The molecule has 0 saturated carbocycles. The minimum absolute atomic E-state index is 0.180. The van der Waals surface area contributed by atoms with Crippen LogP contribution in [0.3, 0.4) is 0 Å². The van der Waals surface area contributed by atoms with Crippen LogP contribution in [0.25, 0.3) is 22.4 Å². The van der Waals surface area contributed by atoms with E-state index in [1.165, 1.54) is 11.3 Å². The molecule has 0 fully saturated rings. The fraction of sp³-hybridized carbons (Fsp3) is 0. The number of rotatable bonds is 3. The summed E-state index contributed by atoms with van der Waals surface area (Å²) in [5.74, 6) is 0.584. The Kier molecular flexibility index (Phi) is 3.76. The molecule has 0 saturated heterocycles. The van der Waals surface area contributed by atoms with E-state index >= 15 is 0 Å². The van der Waals surface area contributed by atoms with Crippen molar-refractivity contribution in [3.05, 3.63) is 64.1 Å². The van der Waals surface area contributed by atoms with Gasteiger partial charge in [-0.25, -0.2) is 4.98 Å². The lowest BCUT2D eigenvalue weighted by Crippen LogP contribution is -2.09. The Morgan fingerprint density at radius 2 is 2.00 bits per heavy atom. The van der Waals surface area contributed by atoms with Gasteiger partial charge in [0.15, 0.2) is 0 Å². The van der Waals surface area contributed by atoms with E-state index in [0.29, 0.717) is 15.6 Å². The Morgan fingerprint density at radius 1 is 1.17 bits per heavy atom. The van der Waals surface area contributed by atoms with E-state index in [1.807, 2.05) is 30.3 Å². The van der Waals surface area contributed by atoms with Crippen molar-refractivity contribution in [1.29, 1.82) is 0 Å². The molecular weight excluding hydrogens is 344 g/mol. The van der Waals surface area contributed by atoms with Crippen LogP contribution in [0.15, 0.2) is 54.2 Å². The van der Waals surface area contributed by atoms with E-state index in [2.05, 4.69) is 20.3 Å². The maximum absolute atomic E-state index is 12.2. The number of halogens is 1. The van der Waals surface area contributed by atoms with E-state index in [9.17, 15) is 4.79 Å². The Morgan fingerprint density at radius 3 is 2.75 bits per heavy atom. The number of aromatic nitrogens is 3. The van der Waals surface area contributed by atoms with Crippen LogP contribution in [0.2, 0.25) is 5.02 Å². The molecule has 1 aromatic carbocycles. The highest BCUT2D eigenvalue weighted by molar-refractivity contribution is 7.12. The van der Waals surface area contributed by atoms with Crippen molar-refractivity contribution in [3.63, 3.8) is 0 Å². The van der Waals surface area contributed by atoms with Gasteiger partial charge in [0.2, 0.25) is 0 Å². The largest absolute Gasteiger partial charge is 0.338 e. The summed E-state index contributed by atoms with van der Waals surface area (Å²) in [6, 6.07) is 11.0. The number of nitrogens with one attached hydrogen (secondary N) is 2. The van der Waals surface area contributed by atoms with Crippen molar-refractivity contribution in [2.24, 2.45) is 0 Å². The lowest BCUT2D eigenvalue weighted by Gasteiger charge is -2.03. The topological polar surface area (TPSA) is 70.7 Å². The first-order valence-electron chi connectivity index (χ1n) is 7.14. The number of carbonyl (C=O) groups excluding carboxylic acids is 1. The number of carbonyl (C=O) groups is 1. The van der Waals surface area contributed by atoms with Gasteiger partial charge in [-0.1, -0.05) is 11.6 Å². The number of hydrogen-bond donors (Lipinski definition) is 2. The SMILES string of the molecule is O=C(Nc1ccc2nc(-c3ccncc3)[nH]c2c1)c1cc(Cl)cs1. The molecule has 7 heteroatoms. The summed E-state index contributed by atoms with van der Waals surface area (Å²) in [6.07, 6.45) is 3.45. The molecule has 0 atom stereocenters. The van der Waals surface area contributed by atoms with Gasteiger partial charge in [0, 0.05) is 29.0 Å². The van der Waals surface area contributed by atoms with E-state index in [0.717, 1.165) is 22.4 Å². The number of amides is 1. The molecule has 1 amide bonds. The van der Waals surface area contributed by atoms with Crippen molar-refractivity contribution in [2.75, 3.05) is 5.32 Å². The van der Waals surface area contributed by atoms with Crippen molar-refractivity contribution >= 4 is 45.6 Å². The molecule has 0 bridgehead atoms. The zero-order valence-corrected chi connectivity index (χ0v) is 13.9. The molecule has 0 aliphatic heterocycles. The zero-order valence-electron chi connectivity index (χ0n) is 12.3. The maximum atomic E-state index is 12.2.